The maximum absolute atomic E-state index is 8.67. The van der Waals surface area contributed by atoms with Gasteiger partial charge in [-0.05, 0) is 41.1 Å². The smallest absolute Gasteiger partial charge is 0.0992 e. The Kier molecular flexibility index (Phi) is 3.73. The Morgan fingerprint density at radius 3 is 2.86 bits per heavy atom. The SMILES string of the molecule is C=CC(C)Nc1ccc(C#N)cc1Br. The largest absolute Gasteiger partial charge is 0.378 e. The molecular formula is C11H11BrN2. The van der Waals surface area contributed by atoms with Crippen molar-refractivity contribution in [1.29, 1.82) is 5.26 Å². The molecule has 0 fully saturated rings. The second-order valence-corrected chi connectivity index (χ2v) is 3.83. The van der Waals surface area contributed by atoms with Gasteiger partial charge >= 0.3 is 0 Å². The molecule has 72 valence electrons. The molecule has 1 atom stereocenters. The minimum Gasteiger partial charge on any atom is -0.378 e. The molecule has 0 amide bonds. The van der Waals surface area contributed by atoms with Crippen LogP contribution < -0.4 is 5.32 Å². The fourth-order valence-electron chi connectivity index (χ4n) is 1.01. The van der Waals surface area contributed by atoms with Crippen molar-refractivity contribution in [3.63, 3.8) is 0 Å². The number of benzene rings is 1. The summed E-state index contributed by atoms with van der Waals surface area (Å²) in [4.78, 5) is 0. The maximum atomic E-state index is 8.67. The number of anilines is 1. The van der Waals surface area contributed by atoms with Crippen LogP contribution in [0.25, 0.3) is 0 Å². The molecule has 1 aromatic rings. The lowest BCUT2D eigenvalue weighted by molar-refractivity contribution is 0.999. The number of hydrogen-bond acceptors (Lipinski definition) is 2. The van der Waals surface area contributed by atoms with Crippen molar-refractivity contribution >= 4 is 21.6 Å². The predicted molar refractivity (Wildman–Crippen MR) is 62.1 cm³/mol. The monoisotopic (exact) mass is 250 g/mol. The molecule has 0 saturated heterocycles. The highest BCUT2D eigenvalue weighted by atomic mass is 79.9. The summed E-state index contributed by atoms with van der Waals surface area (Å²) in [6, 6.07) is 7.74. The molecule has 0 heterocycles. The van der Waals surface area contributed by atoms with Gasteiger partial charge in [0.1, 0.15) is 0 Å². The third kappa shape index (κ3) is 2.61. The van der Waals surface area contributed by atoms with Crippen LogP contribution in [0, 0.1) is 11.3 Å². The van der Waals surface area contributed by atoms with Crippen molar-refractivity contribution in [1.82, 2.24) is 0 Å². The molecule has 2 nitrogen and oxygen atoms in total. The summed E-state index contributed by atoms with van der Waals surface area (Å²) in [7, 11) is 0. The number of nitriles is 1. The molecule has 14 heavy (non-hydrogen) atoms. The summed E-state index contributed by atoms with van der Waals surface area (Å²) in [6.45, 7) is 5.70. The highest BCUT2D eigenvalue weighted by Crippen LogP contribution is 2.24. The van der Waals surface area contributed by atoms with Crippen LogP contribution in [0.4, 0.5) is 5.69 Å². The van der Waals surface area contributed by atoms with E-state index >= 15 is 0 Å². The van der Waals surface area contributed by atoms with E-state index in [1.54, 1.807) is 12.1 Å². The van der Waals surface area contributed by atoms with Gasteiger partial charge in [-0.15, -0.1) is 6.58 Å². The molecule has 0 aliphatic heterocycles. The van der Waals surface area contributed by atoms with Gasteiger partial charge in [0.15, 0.2) is 0 Å². The average molecular weight is 251 g/mol. The molecule has 0 radical (unpaired) electrons. The van der Waals surface area contributed by atoms with E-state index in [-0.39, 0.29) is 6.04 Å². The van der Waals surface area contributed by atoms with Gasteiger partial charge in [-0.3, -0.25) is 0 Å². The maximum Gasteiger partial charge on any atom is 0.0992 e. The van der Waals surface area contributed by atoms with Crippen LogP contribution >= 0.6 is 15.9 Å². The summed E-state index contributed by atoms with van der Waals surface area (Å²) in [5.74, 6) is 0. The summed E-state index contributed by atoms with van der Waals surface area (Å²) in [5.41, 5.74) is 1.62. The molecule has 1 aromatic carbocycles. The Bertz CT molecular complexity index is 379. The molecule has 0 aromatic heterocycles. The Balaban J connectivity index is 2.90. The first kappa shape index (κ1) is 10.8. The summed E-state index contributed by atoms with van der Waals surface area (Å²) < 4.78 is 0.894. The van der Waals surface area contributed by atoms with Crippen LogP contribution in [0.2, 0.25) is 0 Å². The minimum absolute atomic E-state index is 0.208. The molecular weight excluding hydrogens is 240 g/mol. The number of nitrogens with one attached hydrogen (secondary N) is 1. The Morgan fingerprint density at radius 2 is 2.36 bits per heavy atom. The molecule has 0 aliphatic rings. The standard InChI is InChI=1S/C11H11BrN2/c1-3-8(2)14-11-5-4-9(7-13)6-10(11)12/h3-6,8,14H,1H2,2H3. The molecule has 1 N–H and O–H groups in total. The average Bonchev–Trinajstić information content (AvgIpc) is 2.20. The van der Waals surface area contributed by atoms with Crippen LogP contribution in [0.1, 0.15) is 12.5 Å². The molecule has 0 saturated carbocycles. The summed E-state index contributed by atoms with van der Waals surface area (Å²) in [6.07, 6.45) is 1.82. The first-order valence-corrected chi connectivity index (χ1v) is 5.05. The van der Waals surface area contributed by atoms with E-state index in [9.17, 15) is 0 Å². The second kappa shape index (κ2) is 4.83. The third-order valence-corrected chi connectivity index (χ3v) is 2.49. The van der Waals surface area contributed by atoms with E-state index in [4.69, 9.17) is 5.26 Å². The van der Waals surface area contributed by atoms with Crippen LogP contribution in [-0.4, -0.2) is 6.04 Å². The number of rotatable bonds is 3. The highest BCUT2D eigenvalue weighted by molar-refractivity contribution is 9.10. The molecule has 0 spiro atoms. The molecule has 1 unspecified atom stereocenters. The van der Waals surface area contributed by atoms with Gasteiger partial charge in [-0.2, -0.15) is 5.26 Å². The van der Waals surface area contributed by atoms with E-state index in [1.807, 2.05) is 19.1 Å². The molecule has 0 aliphatic carbocycles. The van der Waals surface area contributed by atoms with E-state index in [0.29, 0.717) is 5.56 Å². The predicted octanol–water partition coefficient (Wildman–Crippen LogP) is 3.31. The third-order valence-electron chi connectivity index (χ3n) is 1.83. The normalized spacial score (nSPS) is 11.5. The van der Waals surface area contributed by atoms with Crippen molar-refractivity contribution in [3.05, 3.63) is 40.9 Å². The number of hydrogen-bond donors (Lipinski definition) is 1. The van der Waals surface area contributed by atoms with Gasteiger partial charge < -0.3 is 5.32 Å². The second-order valence-electron chi connectivity index (χ2n) is 2.98. The Labute approximate surface area is 92.4 Å². The van der Waals surface area contributed by atoms with Gasteiger partial charge in [0.25, 0.3) is 0 Å². The quantitative estimate of drug-likeness (QED) is 0.836. The molecule has 1 rings (SSSR count). The first-order valence-electron chi connectivity index (χ1n) is 4.26. The van der Waals surface area contributed by atoms with E-state index in [1.165, 1.54) is 0 Å². The van der Waals surface area contributed by atoms with E-state index < -0.39 is 0 Å². The van der Waals surface area contributed by atoms with E-state index in [2.05, 4.69) is 33.9 Å². The summed E-state index contributed by atoms with van der Waals surface area (Å²) in [5, 5.41) is 11.9. The van der Waals surface area contributed by atoms with Crippen LogP contribution in [-0.2, 0) is 0 Å². The van der Waals surface area contributed by atoms with E-state index in [0.717, 1.165) is 10.2 Å². The topological polar surface area (TPSA) is 35.8 Å². The Hall–Kier alpha value is -1.27. The number of halogens is 1. The van der Waals surface area contributed by atoms with Crippen LogP contribution in [0.15, 0.2) is 35.3 Å². The van der Waals surface area contributed by atoms with Crippen LogP contribution in [0.5, 0.6) is 0 Å². The Morgan fingerprint density at radius 1 is 1.64 bits per heavy atom. The van der Waals surface area contributed by atoms with Crippen molar-refractivity contribution < 1.29 is 0 Å². The van der Waals surface area contributed by atoms with Gasteiger partial charge in [0, 0.05) is 16.2 Å². The van der Waals surface area contributed by atoms with Gasteiger partial charge in [0.2, 0.25) is 0 Å². The highest BCUT2D eigenvalue weighted by Gasteiger charge is 2.02. The minimum atomic E-state index is 0.208. The number of nitrogens with zero attached hydrogens (tertiary/aromatic N) is 1. The lowest BCUT2D eigenvalue weighted by atomic mass is 10.2. The van der Waals surface area contributed by atoms with Gasteiger partial charge in [-0.25, -0.2) is 0 Å². The first-order chi connectivity index (χ1) is 6.67. The lowest BCUT2D eigenvalue weighted by Crippen LogP contribution is -2.11. The zero-order valence-electron chi connectivity index (χ0n) is 7.92. The zero-order chi connectivity index (χ0) is 10.6. The molecule has 0 bridgehead atoms. The van der Waals surface area contributed by atoms with Gasteiger partial charge in [-0.1, -0.05) is 6.08 Å². The fourth-order valence-corrected chi connectivity index (χ4v) is 1.50. The van der Waals surface area contributed by atoms with Crippen molar-refractivity contribution in [2.75, 3.05) is 5.32 Å². The van der Waals surface area contributed by atoms with Crippen molar-refractivity contribution in [3.8, 4) is 6.07 Å². The van der Waals surface area contributed by atoms with Crippen molar-refractivity contribution in [2.24, 2.45) is 0 Å². The van der Waals surface area contributed by atoms with Gasteiger partial charge in [0.05, 0.1) is 11.6 Å². The zero-order valence-corrected chi connectivity index (χ0v) is 9.51. The van der Waals surface area contributed by atoms with Crippen molar-refractivity contribution in [2.45, 2.75) is 13.0 Å². The summed E-state index contributed by atoms with van der Waals surface area (Å²) >= 11 is 3.40. The lowest BCUT2D eigenvalue weighted by Gasteiger charge is -2.12. The van der Waals surface area contributed by atoms with Crippen LogP contribution in [0.3, 0.4) is 0 Å². The fraction of sp³-hybridized carbons (Fsp3) is 0.182. The molecule has 3 heteroatoms.